The largest absolute Gasteiger partial charge is 0.494 e. The summed E-state index contributed by atoms with van der Waals surface area (Å²) < 4.78 is 5.90. The molecular weight excluding hydrogens is 344 g/mol. The van der Waals surface area contributed by atoms with Gasteiger partial charge in [0.15, 0.2) is 0 Å². The average molecular weight is 376 g/mol. The number of hydrogen-bond donors (Lipinski definition) is 0. The van der Waals surface area contributed by atoms with Crippen molar-refractivity contribution >= 4 is 5.69 Å². The van der Waals surface area contributed by atoms with E-state index in [1.807, 2.05) is 0 Å². The topological polar surface area (TPSA) is 64.8 Å². The second-order valence-corrected chi connectivity index (χ2v) is 8.68. The van der Waals surface area contributed by atoms with Crippen LogP contribution in [0.1, 0.15) is 64.4 Å². The molecule has 0 spiro atoms. The maximum Gasteiger partial charge on any atom is 0.294 e. The Kier molecular flexibility index (Phi) is 5.82. The zero-order valence-corrected chi connectivity index (χ0v) is 16.9. The van der Waals surface area contributed by atoms with Gasteiger partial charge in [0, 0.05) is 24.3 Å². The normalized spacial score (nSPS) is 26.1. The SMILES string of the molecule is C[C@@H]1CC[C@@H]2[C@@H](C1)c1ccc(OCCCCO[N+](=O)[O-])cc1N(C)C2(C)C. The second kappa shape index (κ2) is 7.95. The fourth-order valence-corrected chi connectivity index (χ4v) is 4.88. The third-order valence-corrected chi connectivity index (χ3v) is 6.65. The van der Waals surface area contributed by atoms with Crippen molar-refractivity contribution in [3.05, 3.63) is 33.9 Å². The van der Waals surface area contributed by atoms with Gasteiger partial charge >= 0.3 is 0 Å². The Hall–Kier alpha value is -1.98. The summed E-state index contributed by atoms with van der Waals surface area (Å²) in [5, 5.41) is 9.39. The van der Waals surface area contributed by atoms with E-state index in [1.54, 1.807) is 0 Å². The summed E-state index contributed by atoms with van der Waals surface area (Å²) in [4.78, 5) is 16.9. The molecule has 1 saturated carbocycles. The molecule has 6 heteroatoms. The van der Waals surface area contributed by atoms with E-state index in [0.29, 0.717) is 24.9 Å². The minimum absolute atomic E-state index is 0.124. The fourth-order valence-electron chi connectivity index (χ4n) is 4.88. The Morgan fingerprint density at radius 1 is 1.26 bits per heavy atom. The number of unbranched alkanes of at least 4 members (excludes halogenated alkanes) is 1. The molecule has 27 heavy (non-hydrogen) atoms. The summed E-state index contributed by atoms with van der Waals surface area (Å²) in [6.45, 7) is 7.77. The van der Waals surface area contributed by atoms with Gasteiger partial charge in [0.1, 0.15) is 5.75 Å². The lowest BCUT2D eigenvalue weighted by atomic mass is 9.62. The molecule has 1 fully saturated rings. The summed E-state index contributed by atoms with van der Waals surface area (Å²) in [5.41, 5.74) is 2.88. The van der Waals surface area contributed by atoms with E-state index in [0.717, 1.165) is 18.1 Å². The highest BCUT2D eigenvalue weighted by molar-refractivity contribution is 5.62. The summed E-state index contributed by atoms with van der Waals surface area (Å²) in [6, 6.07) is 6.50. The van der Waals surface area contributed by atoms with Crippen LogP contribution in [0.5, 0.6) is 5.75 Å². The zero-order valence-electron chi connectivity index (χ0n) is 16.9. The molecule has 0 aromatic heterocycles. The number of nitrogens with zero attached hydrogens (tertiary/aromatic N) is 2. The van der Waals surface area contributed by atoms with Gasteiger partial charge in [-0.1, -0.05) is 19.4 Å². The van der Waals surface area contributed by atoms with Crippen LogP contribution in [0.25, 0.3) is 0 Å². The summed E-state index contributed by atoms with van der Waals surface area (Å²) in [5.74, 6) is 2.98. The van der Waals surface area contributed by atoms with E-state index in [-0.39, 0.29) is 12.1 Å². The van der Waals surface area contributed by atoms with Gasteiger partial charge in [-0.25, -0.2) is 0 Å². The van der Waals surface area contributed by atoms with Crippen LogP contribution < -0.4 is 9.64 Å². The van der Waals surface area contributed by atoms with Gasteiger partial charge in [-0.2, -0.15) is 0 Å². The van der Waals surface area contributed by atoms with E-state index in [2.05, 4.69) is 55.8 Å². The summed E-state index contributed by atoms with van der Waals surface area (Å²) in [6.07, 6.45) is 5.24. The number of hydrogen-bond acceptors (Lipinski definition) is 5. The Morgan fingerprint density at radius 3 is 2.74 bits per heavy atom. The smallest absolute Gasteiger partial charge is 0.294 e. The van der Waals surface area contributed by atoms with Crippen molar-refractivity contribution in [1.82, 2.24) is 0 Å². The molecule has 6 nitrogen and oxygen atoms in total. The lowest BCUT2D eigenvalue weighted by Gasteiger charge is -2.54. The van der Waals surface area contributed by atoms with Gasteiger partial charge in [-0.05, 0) is 68.9 Å². The van der Waals surface area contributed by atoms with Crippen LogP contribution in [-0.2, 0) is 4.84 Å². The van der Waals surface area contributed by atoms with Crippen molar-refractivity contribution in [3.63, 3.8) is 0 Å². The molecule has 1 heterocycles. The number of benzene rings is 1. The van der Waals surface area contributed by atoms with Crippen LogP contribution in [0.2, 0.25) is 0 Å². The van der Waals surface area contributed by atoms with Crippen LogP contribution in [0.15, 0.2) is 18.2 Å². The minimum atomic E-state index is -0.749. The Balaban J connectivity index is 1.68. The summed E-state index contributed by atoms with van der Waals surface area (Å²) in [7, 11) is 2.20. The molecule has 2 aliphatic rings. The molecule has 0 unspecified atom stereocenters. The van der Waals surface area contributed by atoms with Crippen LogP contribution in [0.3, 0.4) is 0 Å². The van der Waals surface area contributed by atoms with Crippen molar-refractivity contribution in [3.8, 4) is 5.75 Å². The van der Waals surface area contributed by atoms with E-state index < -0.39 is 5.09 Å². The first-order valence-corrected chi connectivity index (χ1v) is 10.1. The van der Waals surface area contributed by atoms with Gasteiger partial charge in [-0.3, -0.25) is 0 Å². The van der Waals surface area contributed by atoms with Gasteiger partial charge < -0.3 is 14.5 Å². The molecule has 3 atom stereocenters. The molecule has 150 valence electrons. The highest BCUT2D eigenvalue weighted by Crippen LogP contribution is 2.54. The van der Waals surface area contributed by atoms with Crippen LogP contribution >= 0.6 is 0 Å². The minimum Gasteiger partial charge on any atom is -0.494 e. The molecule has 1 aliphatic heterocycles. The predicted molar refractivity (Wildman–Crippen MR) is 106 cm³/mol. The number of ether oxygens (including phenoxy) is 1. The molecule has 1 aromatic rings. The van der Waals surface area contributed by atoms with E-state index in [9.17, 15) is 10.1 Å². The lowest BCUT2D eigenvalue weighted by Crippen LogP contribution is -2.54. The van der Waals surface area contributed by atoms with Gasteiger partial charge in [-0.15, -0.1) is 10.1 Å². The Labute approximate surface area is 161 Å². The maximum atomic E-state index is 10.1. The quantitative estimate of drug-likeness (QED) is 0.388. The first-order valence-electron chi connectivity index (χ1n) is 10.1. The molecule has 0 saturated heterocycles. The number of rotatable bonds is 7. The van der Waals surface area contributed by atoms with Crippen LogP contribution in [0, 0.1) is 22.0 Å². The van der Waals surface area contributed by atoms with E-state index >= 15 is 0 Å². The predicted octanol–water partition coefficient (Wildman–Crippen LogP) is 4.80. The lowest BCUT2D eigenvalue weighted by molar-refractivity contribution is -0.757. The molecule has 0 amide bonds. The van der Waals surface area contributed by atoms with Crippen molar-refractivity contribution < 1.29 is 14.7 Å². The standard InChI is InChI=1S/C21H32N2O4/c1-15-7-10-19-18(13-15)17-9-8-16(14-20(17)22(4)21(19,2)3)26-11-5-6-12-27-23(24)25/h8-9,14-15,18-19H,5-7,10-13H2,1-4H3/t15-,18+,19-/m1/s1. The molecule has 0 bridgehead atoms. The number of anilines is 1. The van der Waals surface area contributed by atoms with Crippen molar-refractivity contribution in [2.24, 2.45) is 11.8 Å². The third-order valence-electron chi connectivity index (χ3n) is 6.65. The van der Waals surface area contributed by atoms with E-state index in [1.165, 1.54) is 30.5 Å². The summed E-state index contributed by atoms with van der Waals surface area (Å²) >= 11 is 0. The van der Waals surface area contributed by atoms with Crippen LogP contribution in [0.4, 0.5) is 5.69 Å². The molecule has 0 radical (unpaired) electrons. The highest BCUT2D eigenvalue weighted by Gasteiger charge is 2.46. The maximum absolute atomic E-state index is 10.1. The fraction of sp³-hybridized carbons (Fsp3) is 0.714. The Bertz CT molecular complexity index is 676. The van der Waals surface area contributed by atoms with Crippen molar-refractivity contribution in [2.45, 2.75) is 64.3 Å². The molecule has 3 rings (SSSR count). The Morgan fingerprint density at radius 2 is 2.00 bits per heavy atom. The van der Waals surface area contributed by atoms with Crippen molar-refractivity contribution in [2.75, 3.05) is 25.2 Å². The number of fused-ring (bicyclic) bond motifs is 3. The zero-order chi connectivity index (χ0) is 19.6. The first kappa shape index (κ1) is 19.8. The van der Waals surface area contributed by atoms with Crippen LogP contribution in [-0.4, -0.2) is 30.9 Å². The molecular formula is C21H32N2O4. The van der Waals surface area contributed by atoms with Gasteiger partial charge in [0.25, 0.3) is 5.09 Å². The molecule has 1 aromatic carbocycles. The van der Waals surface area contributed by atoms with Gasteiger partial charge in [0.2, 0.25) is 0 Å². The van der Waals surface area contributed by atoms with Crippen molar-refractivity contribution in [1.29, 1.82) is 0 Å². The monoisotopic (exact) mass is 376 g/mol. The first-order chi connectivity index (χ1) is 12.8. The van der Waals surface area contributed by atoms with Gasteiger partial charge in [0.05, 0.1) is 13.2 Å². The average Bonchev–Trinajstić information content (AvgIpc) is 2.62. The molecule has 1 aliphatic carbocycles. The second-order valence-electron chi connectivity index (χ2n) is 8.68. The third kappa shape index (κ3) is 4.14. The van der Waals surface area contributed by atoms with E-state index in [4.69, 9.17) is 4.74 Å². The molecule has 0 N–H and O–H groups in total. The highest BCUT2D eigenvalue weighted by atomic mass is 16.9.